The van der Waals surface area contributed by atoms with E-state index in [0.717, 1.165) is 5.56 Å². The minimum absolute atomic E-state index is 0.262. The van der Waals surface area contributed by atoms with Gasteiger partial charge in [-0.25, -0.2) is 28.5 Å². The van der Waals surface area contributed by atoms with Crippen LogP contribution in [0.25, 0.3) is 11.2 Å². The molecule has 0 spiro atoms. The maximum Gasteiger partial charge on any atom is 0.338 e. The number of nitrogens with zero attached hydrogens (tertiary/aromatic N) is 4. The summed E-state index contributed by atoms with van der Waals surface area (Å²) in [5.41, 5.74) is -2.40. The molecule has 1 fully saturated rings. The molecule has 0 bridgehead atoms. The molecule has 0 saturated carbocycles. The Morgan fingerprint density at radius 2 is 1.80 bits per heavy atom. The summed E-state index contributed by atoms with van der Waals surface area (Å²) in [6.07, 6.45) is 0.154. The quantitative estimate of drug-likeness (QED) is 0.318. The van der Waals surface area contributed by atoms with E-state index in [1.54, 1.807) is 42.5 Å². The van der Waals surface area contributed by atoms with Crippen LogP contribution in [0.15, 0.2) is 67.3 Å². The Labute approximate surface area is 228 Å². The number of nitrogens with one attached hydrogen (secondary N) is 1. The van der Waals surface area contributed by atoms with E-state index >= 15 is 4.39 Å². The number of benzene rings is 2. The van der Waals surface area contributed by atoms with Crippen molar-refractivity contribution in [1.29, 1.82) is 0 Å². The van der Waals surface area contributed by atoms with Crippen molar-refractivity contribution in [2.24, 2.45) is 0 Å². The molecule has 5 rings (SSSR count). The average molecular weight is 552 g/mol. The number of halogens is 2. The molecular formula is C28H27F2N5O5. The first-order valence-electron chi connectivity index (χ1n) is 12.5. The first kappa shape index (κ1) is 27.1. The summed E-state index contributed by atoms with van der Waals surface area (Å²) in [4.78, 5) is 37.5. The largest absolute Gasteiger partial charge is 0.459 e. The summed E-state index contributed by atoms with van der Waals surface area (Å²) in [6.45, 7) is 3.78. The van der Waals surface area contributed by atoms with Gasteiger partial charge in [0, 0.05) is 13.5 Å². The van der Waals surface area contributed by atoms with E-state index in [1.165, 1.54) is 50.1 Å². The fourth-order valence-electron chi connectivity index (χ4n) is 4.71. The molecule has 4 aromatic rings. The second kappa shape index (κ2) is 10.6. The van der Waals surface area contributed by atoms with Gasteiger partial charge in [0.05, 0.1) is 11.9 Å². The van der Waals surface area contributed by atoms with Crippen LogP contribution in [-0.2, 0) is 25.5 Å². The van der Waals surface area contributed by atoms with Crippen molar-refractivity contribution in [2.75, 3.05) is 11.9 Å². The van der Waals surface area contributed by atoms with Crippen molar-refractivity contribution in [3.05, 3.63) is 84.2 Å². The summed E-state index contributed by atoms with van der Waals surface area (Å²) >= 11 is 0. The van der Waals surface area contributed by atoms with E-state index in [1.807, 2.05) is 0 Å². The van der Waals surface area contributed by atoms with Gasteiger partial charge in [-0.3, -0.25) is 9.36 Å². The molecule has 12 heteroatoms. The van der Waals surface area contributed by atoms with Crippen LogP contribution < -0.4 is 5.32 Å². The lowest BCUT2D eigenvalue weighted by atomic mass is 9.84. The highest BCUT2D eigenvalue weighted by molar-refractivity contribution is 5.89. The van der Waals surface area contributed by atoms with Crippen LogP contribution in [-0.4, -0.2) is 55.4 Å². The van der Waals surface area contributed by atoms with Crippen LogP contribution in [0.5, 0.6) is 0 Å². The molecule has 0 amide bonds. The molecule has 2 aromatic heterocycles. The van der Waals surface area contributed by atoms with Gasteiger partial charge >= 0.3 is 11.9 Å². The van der Waals surface area contributed by atoms with Crippen molar-refractivity contribution in [3.8, 4) is 0 Å². The molecule has 40 heavy (non-hydrogen) atoms. The highest BCUT2D eigenvalue weighted by atomic mass is 19.1. The Morgan fingerprint density at radius 1 is 1.07 bits per heavy atom. The second-order valence-corrected chi connectivity index (χ2v) is 9.74. The summed E-state index contributed by atoms with van der Waals surface area (Å²) in [7, 11) is 0. The van der Waals surface area contributed by atoms with Crippen molar-refractivity contribution in [3.63, 3.8) is 0 Å². The molecule has 0 aliphatic carbocycles. The molecule has 4 atom stereocenters. The molecule has 2 aromatic carbocycles. The van der Waals surface area contributed by atoms with Gasteiger partial charge in [0.25, 0.3) is 0 Å². The summed E-state index contributed by atoms with van der Waals surface area (Å²) in [5, 5.41) is 3.14. The number of fused-ring (bicyclic) bond motifs is 1. The fraction of sp³-hybridized carbons (Fsp3) is 0.321. The first-order valence-corrected chi connectivity index (χ1v) is 12.5. The maximum atomic E-state index is 16.7. The third-order valence-electron chi connectivity index (χ3n) is 7.06. The molecule has 3 heterocycles. The lowest BCUT2D eigenvalue weighted by Gasteiger charge is -2.36. The van der Waals surface area contributed by atoms with E-state index in [9.17, 15) is 14.0 Å². The zero-order valence-corrected chi connectivity index (χ0v) is 22.0. The predicted molar refractivity (Wildman–Crippen MR) is 139 cm³/mol. The van der Waals surface area contributed by atoms with Crippen LogP contribution in [0.4, 0.5) is 14.6 Å². The normalized spacial score (nSPS) is 24.1. The van der Waals surface area contributed by atoms with Gasteiger partial charge in [0.1, 0.15) is 24.9 Å². The summed E-state index contributed by atoms with van der Waals surface area (Å²) in [6, 6.07) is 14.3. The number of anilines is 1. The molecule has 1 aliphatic rings. The Kier molecular flexibility index (Phi) is 7.19. The number of carbonyl (C=O) groups excluding carboxylic acids is 2. The molecule has 208 valence electrons. The molecule has 1 N–H and O–H groups in total. The number of hydrogen-bond donors (Lipinski definition) is 1. The van der Waals surface area contributed by atoms with Crippen LogP contribution in [0.1, 0.15) is 42.9 Å². The van der Waals surface area contributed by atoms with E-state index in [4.69, 9.17) is 14.2 Å². The number of rotatable bonds is 8. The minimum Gasteiger partial charge on any atom is -0.459 e. The van der Waals surface area contributed by atoms with Crippen LogP contribution in [0.3, 0.4) is 0 Å². The average Bonchev–Trinajstić information content (AvgIpc) is 3.44. The standard InChI is InChI=1S/C28H27F2N5O5/c1-17(36)40-28(3)21(14-38-25(37)19-7-5-4-6-8-19)39-26(27(28,2)30)35-16-34-22-23(32-15-33-24(22)35)31-13-18-9-11-20(29)12-10-18/h4-12,15-16,21,26H,13-14H2,1-3H3,(H,31,32,33)/t21-,26+,27+,28-/m1/s1. The fourth-order valence-corrected chi connectivity index (χ4v) is 4.71. The molecule has 0 radical (unpaired) electrons. The van der Waals surface area contributed by atoms with Crippen LogP contribution in [0.2, 0.25) is 0 Å². The Hall–Kier alpha value is -4.45. The molecule has 1 aliphatic heterocycles. The zero-order valence-electron chi connectivity index (χ0n) is 22.0. The van der Waals surface area contributed by atoms with Gasteiger partial charge in [-0.1, -0.05) is 30.3 Å². The number of aromatic nitrogens is 4. The monoisotopic (exact) mass is 551 g/mol. The highest BCUT2D eigenvalue weighted by Crippen LogP contribution is 2.51. The van der Waals surface area contributed by atoms with E-state index < -0.39 is 35.5 Å². The summed E-state index contributed by atoms with van der Waals surface area (Å²) < 4.78 is 48.3. The van der Waals surface area contributed by atoms with Crippen molar-refractivity contribution < 1.29 is 32.6 Å². The minimum atomic E-state index is -2.30. The highest BCUT2D eigenvalue weighted by Gasteiger charge is 2.66. The van der Waals surface area contributed by atoms with Crippen molar-refractivity contribution in [1.82, 2.24) is 19.5 Å². The van der Waals surface area contributed by atoms with Gasteiger partial charge in [0.2, 0.25) is 0 Å². The molecule has 1 saturated heterocycles. The van der Waals surface area contributed by atoms with Crippen molar-refractivity contribution in [2.45, 2.75) is 50.9 Å². The maximum absolute atomic E-state index is 16.7. The van der Waals surface area contributed by atoms with E-state index in [0.29, 0.717) is 23.4 Å². The number of imidazole rings is 1. The zero-order chi connectivity index (χ0) is 28.5. The van der Waals surface area contributed by atoms with E-state index in [-0.39, 0.29) is 18.1 Å². The molecular weight excluding hydrogens is 524 g/mol. The lowest BCUT2D eigenvalue weighted by molar-refractivity contribution is -0.175. The Balaban J connectivity index is 1.42. The predicted octanol–water partition coefficient (Wildman–Crippen LogP) is 4.38. The van der Waals surface area contributed by atoms with Gasteiger partial charge in [-0.05, 0) is 43.7 Å². The first-order chi connectivity index (χ1) is 19.1. The third-order valence-corrected chi connectivity index (χ3v) is 7.06. The van der Waals surface area contributed by atoms with Crippen LogP contribution >= 0.6 is 0 Å². The topological polar surface area (TPSA) is 117 Å². The van der Waals surface area contributed by atoms with Crippen LogP contribution in [0, 0.1) is 5.82 Å². The Morgan fingerprint density at radius 3 is 2.50 bits per heavy atom. The van der Waals surface area contributed by atoms with Gasteiger partial charge in [-0.2, -0.15) is 0 Å². The number of esters is 2. The lowest BCUT2D eigenvalue weighted by Crippen LogP contribution is -2.55. The Bertz CT molecular complexity index is 1530. The summed E-state index contributed by atoms with van der Waals surface area (Å²) in [5.74, 6) is -1.31. The van der Waals surface area contributed by atoms with E-state index in [2.05, 4.69) is 20.3 Å². The third kappa shape index (κ3) is 4.97. The molecule has 0 unspecified atom stereocenters. The number of alkyl halides is 1. The SMILES string of the molecule is CC(=O)O[C@]1(C)[C@@H](COC(=O)c2ccccc2)O[C@H](n2cnc3c(NCc4ccc(F)cc4)ncnc32)[C@]1(C)F. The van der Waals surface area contributed by atoms with Gasteiger partial charge in [-0.15, -0.1) is 0 Å². The van der Waals surface area contributed by atoms with Crippen molar-refractivity contribution >= 4 is 28.9 Å². The smallest absolute Gasteiger partial charge is 0.338 e. The van der Waals surface area contributed by atoms with Gasteiger partial charge < -0.3 is 19.5 Å². The van der Waals surface area contributed by atoms with Gasteiger partial charge in [0.15, 0.2) is 34.5 Å². The number of hydrogen-bond acceptors (Lipinski definition) is 9. The number of carbonyl (C=O) groups is 2. The molecule has 10 nitrogen and oxygen atoms in total. The number of ether oxygens (including phenoxy) is 3. The second-order valence-electron chi connectivity index (χ2n) is 9.74.